The molecule has 3 N–H and O–H groups in total. The van der Waals surface area contributed by atoms with Crippen LogP contribution >= 0.6 is 0 Å². The van der Waals surface area contributed by atoms with Gasteiger partial charge in [0.2, 0.25) is 0 Å². The van der Waals surface area contributed by atoms with Crippen molar-refractivity contribution in [1.82, 2.24) is 4.98 Å². The normalized spacial score (nSPS) is 9.83. The molecule has 0 bridgehead atoms. The lowest BCUT2D eigenvalue weighted by Gasteiger charge is -2.00. The van der Waals surface area contributed by atoms with Gasteiger partial charge in [-0.25, -0.2) is 4.79 Å². The molecule has 0 radical (unpaired) electrons. The van der Waals surface area contributed by atoms with Crippen LogP contribution in [-0.4, -0.2) is 17.6 Å². The van der Waals surface area contributed by atoms with Gasteiger partial charge >= 0.3 is 5.97 Å². The van der Waals surface area contributed by atoms with Crippen molar-refractivity contribution in [2.45, 2.75) is 13.8 Å². The molecule has 0 saturated heterocycles. The Labute approximate surface area is 70.7 Å². The molecule has 1 rings (SSSR count). The van der Waals surface area contributed by atoms with Gasteiger partial charge in [-0.3, -0.25) is 0 Å². The maximum absolute atomic E-state index is 11.2. The van der Waals surface area contributed by atoms with Gasteiger partial charge in [-0.2, -0.15) is 0 Å². The number of carbonyl (C=O) groups is 1. The lowest BCUT2D eigenvalue weighted by molar-refractivity contribution is 0.0527. The number of aryl methyl sites for hydroxylation is 1. The third-order valence-electron chi connectivity index (χ3n) is 1.59. The first-order valence-corrected chi connectivity index (χ1v) is 3.77. The topological polar surface area (TPSA) is 68.1 Å². The Morgan fingerprint density at radius 1 is 1.75 bits per heavy atom. The molecule has 0 spiro atoms. The Balaban J connectivity index is 2.93. The predicted molar refractivity (Wildman–Crippen MR) is 45.9 cm³/mol. The first kappa shape index (κ1) is 8.64. The van der Waals surface area contributed by atoms with E-state index in [0.717, 1.165) is 5.56 Å². The average molecular weight is 168 g/mol. The highest BCUT2D eigenvalue weighted by atomic mass is 16.5. The van der Waals surface area contributed by atoms with Crippen LogP contribution in [0.1, 0.15) is 22.8 Å². The smallest absolute Gasteiger partial charge is 0.342 e. The van der Waals surface area contributed by atoms with Crippen LogP contribution in [0, 0.1) is 6.92 Å². The molecular formula is C8H12N2O2. The van der Waals surface area contributed by atoms with E-state index in [1.54, 1.807) is 20.0 Å². The van der Waals surface area contributed by atoms with Gasteiger partial charge < -0.3 is 15.5 Å². The number of hydrogen-bond acceptors (Lipinski definition) is 3. The van der Waals surface area contributed by atoms with E-state index in [1.165, 1.54) is 0 Å². The van der Waals surface area contributed by atoms with Crippen molar-refractivity contribution >= 4 is 11.8 Å². The number of nitrogen functional groups attached to an aromatic ring is 1. The highest BCUT2D eigenvalue weighted by molar-refractivity contribution is 5.95. The summed E-state index contributed by atoms with van der Waals surface area (Å²) >= 11 is 0. The van der Waals surface area contributed by atoms with Gasteiger partial charge in [0.25, 0.3) is 0 Å². The van der Waals surface area contributed by atoms with Crippen LogP contribution in [0.5, 0.6) is 0 Å². The average Bonchev–Trinajstić information content (AvgIpc) is 2.32. The number of hydrogen-bond donors (Lipinski definition) is 2. The minimum absolute atomic E-state index is 0.364. The number of rotatable bonds is 2. The fourth-order valence-corrected chi connectivity index (χ4v) is 1.02. The van der Waals surface area contributed by atoms with E-state index in [2.05, 4.69) is 4.98 Å². The molecule has 0 amide bonds. The summed E-state index contributed by atoms with van der Waals surface area (Å²) in [6, 6.07) is 0. The summed E-state index contributed by atoms with van der Waals surface area (Å²) in [6.45, 7) is 3.93. The quantitative estimate of drug-likeness (QED) is 0.649. The molecule has 0 unspecified atom stereocenters. The SMILES string of the molecule is CCOC(=O)c1c(C)c[nH]c1N. The van der Waals surface area contributed by atoms with Crippen molar-refractivity contribution in [3.8, 4) is 0 Å². The van der Waals surface area contributed by atoms with Gasteiger partial charge in [-0.1, -0.05) is 0 Å². The molecule has 0 aromatic carbocycles. The number of anilines is 1. The van der Waals surface area contributed by atoms with Crippen molar-refractivity contribution < 1.29 is 9.53 Å². The number of aromatic amines is 1. The second-order valence-electron chi connectivity index (χ2n) is 2.48. The largest absolute Gasteiger partial charge is 0.462 e. The molecule has 4 heteroatoms. The summed E-state index contributed by atoms with van der Waals surface area (Å²) in [5.74, 6) is -0.000278. The van der Waals surface area contributed by atoms with Gasteiger partial charge in [-0.15, -0.1) is 0 Å². The Hall–Kier alpha value is -1.45. The molecule has 4 nitrogen and oxygen atoms in total. The minimum atomic E-state index is -0.367. The highest BCUT2D eigenvalue weighted by Crippen LogP contribution is 2.15. The van der Waals surface area contributed by atoms with Crippen molar-refractivity contribution in [1.29, 1.82) is 0 Å². The van der Waals surface area contributed by atoms with Crippen molar-refractivity contribution in [3.05, 3.63) is 17.3 Å². The summed E-state index contributed by atoms with van der Waals surface area (Å²) in [5.41, 5.74) is 6.77. The van der Waals surface area contributed by atoms with Gasteiger partial charge in [0, 0.05) is 6.20 Å². The Bertz CT molecular complexity index is 272. The summed E-state index contributed by atoms with van der Waals surface area (Å²) in [4.78, 5) is 14.0. The molecule has 0 saturated carbocycles. The summed E-state index contributed by atoms with van der Waals surface area (Å²) in [7, 11) is 0. The van der Waals surface area contributed by atoms with E-state index in [-0.39, 0.29) is 5.97 Å². The van der Waals surface area contributed by atoms with Crippen molar-refractivity contribution in [2.24, 2.45) is 0 Å². The van der Waals surface area contributed by atoms with Crippen molar-refractivity contribution in [3.63, 3.8) is 0 Å². The van der Waals surface area contributed by atoms with E-state index in [1.807, 2.05) is 0 Å². The zero-order valence-corrected chi connectivity index (χ0v) is 7.18. The summed E-state index contributed by atoms with van der Waals surface area (Å²) in [5, 5.41) is 0. The molecule has 0 atom stereocenters. The maximum atomic E-state index is 11.2. The van der Waals surface area contributed by atoms with Gasteiger partial charge in [0.15, 0.2) is 0 Å². The van der Waals surface area contributed by atoms with Gasteiger partial charge in [0.05, 0.1) is 6.61 Å². The number of esters is 1. The third-order valence-corrected chi connectivity index (χ3v) is 1.59. The van der Waals surface area contributed by atoms with Gasteiger partial charge in [-0.05, 0) is 19.4 Å². The molecule has 1 aromatic heterocycles. The number of H-pyrrole nitrogens is 1. The first-order chi connectivity index (χ1) is 5.66. The summed E-state index contributed by atoms with van der Waals surface area (Å²) in [6.07, 6.45) is 1.68. The fraction of sp³-hybridized carbons (Fsp3) is 0.375. The lowest BCUT2D eigenvalue weighted by Crippen LogP contribution is -2.07. The molecule has 66 valence electrons. The first-order valence-electron chi connectivity index (χ1n) is 3.77. The molecule has 12 heavy (non-hydrogen) atoms. The van der Waals surface area contributed by atoms with Crippen LogP contribution in [0.3, 0.4) is 0 Å². The predicted octanol–water partition coefficient (Wildman–Crippen LogP) is 1.08. The monoisotopic (exact) mass is 168 g/mol. The van der Waals surface area contributed by atoms with Gasteiger partial charge in [0.1, 0.15) is 11.4 Å². The molecule has 0 aliphatic carbocycles. The Kier molecular flexibility index (Phi) is 2.38. The van der Waals surface area contributed by atoms with Crippen LogP contribution < -0.4 is 5.73 Å². The van der Waals surface area contributed by atoms with E-state index >= 15 is 0 Å². The fourth-order valence-electron chi connectivity index (χ4n) is 1.02. The van der Waals surface area contributed by atoms with Crippen LogP contribution in [0.25, 0.3) is 0 Å². The van der Waals surface area contributed by atoms with Crippen LogP contribution in [0.15, 0.2) is 6.20 Å². The Morgan fingerprint density at radius 2 is 2.42 bits per heavy atom. The molecule has 0 aliphatic heterocycles. The van der Waals surface area contributed by atoms with Crippen molar-refractivity contribution in [2.75, 3.05) is 12.3 Å². The number of nitrogens with two attached hydrogens (primary N) is 1. The lowest BCUT2D eigenvalue weighted by atomic mass is 10.2. The minimum Gasteiger partial charge on any atom is -0.462 e. The summed E-state index contributed by atoms with van der Waals surface area (Å²) < 4.78 is 4.81. The Morgan fingerprint density at radius 3 is 2.83 bits per heavy atom. The number of ether oxygens (including phenoxy) is 1. The molecular weight excluding hydrogens is 156 g/mol. The molecule has 1 aromatic rings. The van der Waals surface area contributed by atoms with E-state index in [0.29, 0.717) is 18.0 Å². The number of nitrogens with one attached hydrogen (secondary N) is 1. The van der Waals surface area contributed by atoms with Crippen LogP contribution in [-0.2, 0) is 4.74 Å². The highest BCUT2D eigenvalue weighted by Gasteiger charge is 2.14. The van der Waals surface area contributed by atoms with Crippen LogP contribution in [0.4, 0.5) is 5.82 Å². The number of carbonyl (C=O) groups excluding carboxylic acids is 1. The number of aromatic nitrogens is 1. The van der Waals surface area contributed by atoms with E-state index < -0.39 is 0 Å². The second-order valence-corrected chi connectivity index (χ2v) is 2.48. The maximum Gasteiger partial charge on any atom is 0.342 e. The van der Waals surface area contributed by atoms with E-state index in [4.69, 9.17) is 10.5 Å². The second kappa shape index (κ2) is 3.30. The molecule has 0 aliphatic rings. The third kappa shape index (κ3) is 1.42. The standard InChI is InChI=1S/C8H12N2O2/c1-3-12-8(11)6-5(2)4-10-7(6)9/h4,10H,3,9H2,1-2H3. The molecule has 1 heterocycles. The zero-order chi connectivity index (χ0) is 9.14. The van der Waals surface area contributed by atoms with Crippen LogP contribution in [0.2, 0.25) is 0 Å². The molecule has 0 fully saturated rings. The van der Waals surface area contributed by atoms with E-state index in [9.17, 15) is 4.79 Å². The zero-order valence-electron chi connectivity index (χ0n) is 7.18.